The molecule has 0 fully saturated rings. The molecule has 3 heteroatoms. The summed E-state index contributed by atoms with van der Waals surface area (Å²) in [6.45, 7) is 11.8. The summed E-state index contributed by atoms with van der Waals surface area (Å²) in [5.41, 5.74) is 0.135. The van der Waals surface area contributed by atoms with E-state index in [4.69, 9.17) is 9.47 Å². The van der Waals surface area contributed by atoms with Gasteiger partial charge in [-0.1, -0.05) is 20.3 Å². The maximum absolute atomic E-state index is 5.56. The molecule has 0 aliphatic heterocycles. The Hall–Kier alpha value is 0.350. The Kier molecular flexibility index (Phi) is 7.09. The van der Waals surface area contributed by atoms with E-state index in [9.17, 15) is 0 Å². The average molecular weight is 248 g/mol. The van der Waals surface area contributed by atoms with Crippen LogP contribution in [0.3, 0.4) is 0 Å². The molecule has 0 aromatic carbocycles. The van der Waals surface area contributed by atoms with Crippen LogP contribution in [0.25, 0.3) is 0 Å². The lowest BCUT2D eigenvalue weighted by Crippen LogP contribution is -2.40. The topological polar surface area (TPSA) is 18.5 Å². The van der Waals surface area contributed by atoms with Crippen LogP contribution in [0, 0.1) is 5.41 Å². The Labute approximate surface area is 104 Å². The summed E-state index contributed by atoms with van der Waals surface area (Å²) in [5, 5.41) is 0. The molecule has 0 aliphatic rings. The molecule has 2 atom stereocenters. The number of ether oxygens (including phenoxy) is 2. The maximum Gasteiger partial charge on any atom is 0.0680 e. The first kappa shape index (κ1) is 16.4. The van der Waals surface area contributed by atoms with E-state index in [0.717, 1.165) is 13.0 Å². The monoisotopic (exact) mass is 248 g/mol. The van der Waals surface area contributed by atoms with Crippen LogP contribution in [0.2, 0.25) is 0 Å². The molecule has 0 radical (unpaired) electrons. The number of hydrogen-bond acceptors (Lipinski definition) is 2. The van der Waals surface area contributed by atoms with Crippen molar-refractivity contribution in [3.63, 3.8) is 0 Å². The SMILES string of the molecule is COC(C)(C)C(C)(C)CCCCOC(C)P. The fraction of sp³-hybridized carbons (Fsp3) is 1.00. The van der Waals surface area contributed by atoms with Crippen LogP contribution >= 0.6 is 9.24 Å². The molecule has 0 saturated heterocycles. The predicted octanol–water partition coefficient (Wildman–Crippen LogP) is 3.85. The number of rotatable bonds is 8. The van der Waals surface area contributed by atoms with E-state index < -0.39 is 0 Å². The first-order chi connectivity index (χ1) is 7.23. The van der Waals surface area contributed by atoms with Crippen LogP contribution in [0.15, 0.2) is 0 Å². The van der Waals surface area contributed by atoms with Crippen LogP contribution in [-0.2, 0) is 9.47 Å². The highest BCUT2D eigenvalue weighted by molar-refractivity contribution is 7.17. The van der Waals surface area contributed by atoms with Gasteiger partial charge in [0, 0.05) is 13.7 Å². The third-order valence-corrected chi connectivity index (χ3v) is 3.91. The Bertz CT molecular complexity index is 188. The highest BCUT2D eigenvalue weighted by Gasteiger charge is 2.36. The van der Waals surface area contributed by atoms with Gasteiger partial charge in [0.15, 0.2) is 0 Å². The van der Waals surface area contributed by atoms with Crippen LogP contribution in [0.5, 0.6) is 0 Å². The van der Waals surface area contributed by atoms with Crippen molar-refractivity contribution in [2.75, 3.05) is 13.7 Å². The summed E-state index contributed by atoms with van der Waals surface area (Å²) in [6, 6.07) is 0. The highest BCUT2D eigenvalue weighted by atomic mass is 31.0. The second-order valence-corrected chi connectivity index (χ2v) is 6.57. The van der Waals surface area contributed by atoms with E-state index in [0.29, 0.717) is 0 Å². The zero-order valence-corrected chi connectivity index (χ0v) is 13.0. The Morgan fingerprint density at radius 1 is 1.12 bits per heavy atom. The van der Waals surface area contributed by atoms with Crippen molar-refractivity contribution in [2.45, 2.75) is 65.3 Å². The molecule has 0 saturated carbocycles. The summed E-state index contributed by atoms with van der Waals surface area (Å²) >= 11 is 0. The van der Waals surface area contributed by atoms with Gasteiger partial charge in [-0.15, -0.1) is 9.24 Å². The van der Waals surface area contributed by atoms with Gasteiger partial charge in [0.25, 0.3) is 0 Å². The lowest BCUT2D eigenvalue weighted by molar-refractivity contribution is -0.0757. The molecule has 0 aliphatic carbocycles. The standard InChI is InChI=1S/C13H29O2P/c1-11(16)15-10-8-7-9-12(2,3)13(4,5)14-6/h11H,7-10,16H2,1-6H3. The molecule has 0 spiro atoms. The van der Waals surface area contributed by atoms with E-state index >= 15 is 0 Å². The molecule has 0 rings (SSSR count). The third kappa shape index (κ3) is 5.61. The van der Waals surface area contributed by atoms with Crippen molar-refractivity contribution in [3.05, 3.63) is 0 Å². The molecule has 0 aromatic rings. The van der Waals surface area contributed by atoms with Gasteiger partial charge in [-0.3, -0.25) is 0 Å². The first-order valence-corrected chi connectivity index (χ1v) is 6.82. The zero-order chi connectivity index (χ0) is 12.8. The van der Waals surface area contributed by atoms with E-state index in [1.807, 2.05) is 6.92 Å². The van der Waals surface area contributed by atoms with E-state index in [2.05, 4.69) is 36.9 Å². The summed E-state index contributed by atoms with van der Waals surface area (Å²) in [4.78, 5) is 0. The van der Waals surface area contributed by atoms with Crippen LogP contribution in [0.1, 0.15) is 53.9 Å². The van der Waals surface area contributed by atoms with Gasteiger partial charge in [0.05, 0.1) is 11.4 Å². The van der Waals surface area contributed by atoms with Crippen LogP contribution in [0.4, 0.5) is 0 Å². The van der Waals surface area contributed by atoms with Crippen molar-refractivity contribution < 1.29 is 9.47 Å². The predicted molar refractivity (Wildman–Crippen MR) is 73.8 cm³/mol. The first-order valence-electron chi connectivity index (χ1n) is 6.15. The van der Waals surface area contributed by atoms with Gasteiger partial charge in [-0.05, 0) is 39.0 Å². The molecule has 98 valence electrons. The normalized spacial score (nSPS) is 15.2. The molecule has 0 heterocycles. The summed E-state index contributed by atoms with van der Waals surface area (Å²) < 4.78 is 11.1. The quantitative estimate of drug-likeness (QED) is 0.480. The maximum atomic E-state index is 5.56. The lowest BCUT2D eigenvalue weighted by Gasteiger charge is -2.40. The third-order valence-electron chi connectivity index (χ3n) is 3.72. The van der Waals surface area contributed by atoms with E-state index in [1.54, 1.807) is 7.11 Å². The minimum absolute atomic E-state index is 0.0677. The van der Waals surface area contributed by atoms with E-state index in [-0.39, 0.29) is 16.9 Å². The van der Waals surface area contributed by atoms with Gasteiger partial charge >= 0.3 is 0 Å². The Morgan fingerprint density at radius 2 is 1.69 bits per heavy atom. The van der Waals surface area contributed by atoms with E-state index in [1.165, 1.54) is 12.8 Å². The molecule has 0 amide bonds. The van der Waals surface area contributed by atoms with Crippen LogP contribution < -0.4 is 0 Å². The minimum Gasteiger partial charge on any atom is -0.378 e. The highest BCUT2D eigenvalue weighted by Crippen LogP contribution is 2.37. The molecule has 0 bridgehead atoms. The van der Waals surface area contributed by atoms with Gasteiger partial charge in [0.2, 0.25) is 0 Å². The van der Waals surface area contributed by atoms with Crippen molar-refractivity contribution >= 4 is 9.24 Å². The number of hydrogen-bond donors (Lipinski definition) is 0. The van der Waals surface area contributed by atoms with Gasteiger partial charge < -0.3 is 9.47 Å². The molecular formula is C13H29O2P. The molecule has 16 heavy (non-hydrogen) atoms. The average Bonchev–Trinajstić information content (AvgIpc) is 2.16. The zero-order valence-electron chi connectivity index (χ0n) is 11.8. The van der Waals surface area contributed by atoms with Crippen LogP contribution in [-0.4, -0.2) is 25.2 Å². The molecule has 0 aromatic heterocycles. The second-order valence-electron chi connectivity index (χ2n) is 5.63. The molecule has 2 nitrogen and oxygen atoms in total. The minimum atomic E-state index is -0.0677. The molecule has 0 N–H and O–H groups in total. The van der Waals surface area contributed by atoms with Crippen molar-refractivity contribution in [2.24, 2.45) is 5.41 Å². The number of methoxy groups -OCH3 is 1. The summed E-state index contributed by atoms with van der Waals surface area (Å²) in [5.74, 6) is 0.267. The molecule has 2 unspecified atom stereocenters. The second kappa shape index (κ2) is 6.93. The Balaban J connectivity index is 3.83. The van der Waals surface area contributed by atoms with Gasteiger partial charge in [-0.2, -0.15) is 0 Å². The summed E-state index contributed by atoms with van der Waals surface area (Å²) in [6.07, 6.45) is 3.49. The lowest BCUT2D eigenvalue weighted by atomic mass is 9.73. The fourth-order valence-electron chi connectivity index (χ4n) is 1.52. The smallest absolute Gasteiger partial charge is 0.0680 e. The number of unbranched alkanes of at least 4 members (excludes halogenated alkanes) is 1. The van der Waals surface area contributed by atoms with Gasteiger partial charge in [0.1, 0.15) is 0 Å². The Morgan fingerprint density at radius 3 is 2.12 bits per heavy atom. The largest absolute Gasteiger partial charge is 0.378 e. The van der Waals surface area contributed by atoms with Gasteiger partial charge in [-0.25, -0.2) is 0 Å². The van der Waals surface area contributed by atoms with Crippen molar-refractivity contribution in [1.82, 2.24) is 0 Å². The fourth-order valence-corrected chi connectivity index (χ4v) is 1.65. The van der Waals surface area contributed by atoms with Crippen molar-refractivity contribution in [1.29, 1.82) is 0 Å². The molecular weight excluding hydrogens is 219 g/mol. The summed E-state index contributed by atoms with van der Waals surface area (Å²) in [7, 11) is 4.45. The van der Waals surface area contributed by atoms with Crippen molar-refractivity contribution in [3.8, 4) is 0 Å².